The first-order valence-electron chi connectivity index (χ1n) is 15.4. The van der Waals surface area contributed by atoms with E-state index in [1.54, 1.807) is 0 Å². The van der Waals surface area contributed by atoms with Crippen molar-refractivity contribution >= 4 is 65.6 Å². The molecule has 7 aromatic carbocycles. The molecule has 0 radical (unpaired) electrons. The highest BCUT2D eigenvalue weighted by molar-refractivity contribution is 6.11. The largest absolute Gasteiger partial charge is 0.456 e. The molecular weight excluding hydrogens is 548 g/mol. The minimum absolute atomic E-state index is 0.904. The maximum atomic E-state index is 6.19. The molecule has 0 saturated heterocycles. The molecule has 3 nitrogen and oxygen atoms in total. The highest BCUT2D eigenvalue weighted by Crippen LogP contribution is 2.39. The molecule has 0 unspecified atom stereocenters. The molecule has 10 aromatic rings. The van der Waals surface area contributed by atoms with Gasteiger partial charge in [-0.05, 0) is 71.8 Å². The monoisotopic (exact) mass is 574 g/mol. The van der Waals surface area contributed by atoms with Gasteiger partial charge in [-0.1, -0.05) is 97.1 Å². The number of para-hydroxylation sites is 5. The van der Waals surface area contributed by atoms with Crippen LogP contribution in [-0.2, 0) is 0 Å². The second kappa shape index (κ2) is 9.22. The summed E-state index contributed by atoms with van der Waals surface area (Å²) in [7, 11) is 0. The van der Waals surface area contributed by atoms with E-state index in [2.05, 4.69) is 155 Å². The van der Waals surface area contributed by atoms with Gasteiger partial charge in [0.15, 0.2) is 0 Å². The van der Waals surface area contributed by atoms with Crippen molar-refractivity contribution in [1.82, 2.24) is 9.13 Å². The quantitative estimate of drug-likeness (QED) is 0.206. The number of rotatable bonds is 3. The molecule has 3 aromatic heterocycles. The number of hydrogen-bond acceptors (Lipinski definition) is 1. The molecule has 10 rings (SSSR count). The van der Waals surface area contributed by atoms with Crippen molar-refractivity contribution in [2.24, 2.45) is 0 Å². The van der Waals surface area contributed by atoms with E-state index in [0.29, 0.717) is 0 Å². The second-order valence-electron chi connectivity index (χ2n) is 11.8. The lowest BCUT2D eigenvalue weighted by molar-refractivity contribution is 0.669. The third kappa shape index (κ3) is 3.52. The van der Waals surface area contributed by atoms with Gasteiger partial charge < -0.3 is 13.6 Å². The summed E-state index contributed by atoms with van der Waals surface area (Å²) >= 11 is 0. The van der Waals surface area contributed by atoms with Gasteiger partial charge in [0.1, 0.15) is 11.2 Å². The second-order valence-corrected chi connectivity index (χ2v) is 11.8. The molecule has 0 fully saturated rings. The van der Waals surface area contributed by atoms with Crippen LogP contribution in [0.2, 0.25) is 0 Å². The van der Waals surface area contributed by atoms with E-state index < -0.39 is 0 Å². The Morgan fingerprint density at radius 3 is 1.24 bits per heavy atom. The molecule has 0 N–H and O–H groups in total. The molecule has 0 atom stereocenters. The minimum atomic E-state index is 0.904. The first kappa shape index (κ1) is 24.4. The van der Waals surface area contributed by atoms with E-state index in [1.165, 1.54) is 43.6 Å². The van der Waals surface area contributed by atoms with Crippen LogP contribution in [0, 0.1) is 0 Å². The molecular formula is C42H26N2O. The van der Waals surface area contributed by atoms with Crippen LogP contribution >= 0.6 is 0 Å². The van der Waals surface area contributed by atoms with E-state index in [0.717, 1.165) is 44.4 Å². The normalized spacial score (nSPS) is 12.0. The van der Waals surface area contributed by atoms with Crippen LogP contribution in [0.25, 0.3) is 88.1 Å². The van der Waals surface area contributed by atoms with E-state index in [-0.39, 0.29) is 0 Å². The highest BCUT2D eigenvalue weighted by atomic mass is 16.3. The zero-order valence-electron chi connectivity index (χ0n) is 24.3. The Balaban J connectivity index is 1.32. The smallest absolute Gasteiger partial charge is 0.135 e. The fourth-order valence-electron chi connectivity index (χ4n) is 7.33. The van der Waals surface area contributed by atoms with Crippen molar-refractivity contribution < 1.29 is 4.42 Å². The van der Waals surface area contributed by atoms with Gasteiger partial charge in [0.05, 0.1) is 22.1 Å². The van der Waals surface area contributed by atoms with Crippen LogP contribution in [0.3, 0.4) is 0 Å². The van der Waals surface area contributed by atoms with Crippen LogP contribution in [0.4, 0.5) is 0 Å². The first-order valence-corrected chi connectivity index (χ1v) is 15.4. The van der Waals surface area contributed by atoms with Crippen LogP contribution in [0.15, 0.2) is 162 Å². The number of aromatic nitrogens is 2. The predicted molar refractivity (Wildman–Crippen MR) is 188 cm³/mol. The first-order chi connectivity index (χ1) is 22.3. The van der Waals surface area contributed by atoms with Gasteiger partial charge in [-0.2, -0.15) is 0 Å². The van der Waals surface area contributed by atoms with Gasteiger partial charge in [-0.15, -0.1) is 0 Å². The summed E-state index contributed by atoms with van der Waals surface area (Å²) in [4.78, 5) is 0. The average Bonchev–Trinajstić information content (AvgIpc) is 3.75. The van der Waals surface area contributed by atoms with E-state index >= 15 is 0 Å². The lowest BCUT2D eigenvalue weighted by Crippen LogP contribution is -2.00. The lowest BCUT2D eigenvalue weighted by atomic mass is 10.0. The number of nitrogens with zero attached hydrogens (tertiary/aromatic N) is 2. The Morgan fingerprint density at radius 2 is 0.733 bits per heavy atom. The maximum absolute atomic E-state index is 6.19. The standard InChI is InChI=1S/C42H26N2O/c1-6-16-37-31(11-1)32-12-2-7-17-38(32)43(37)29-23-28(27-21-22-42-36(25-27)35-15-5-10-20-41(35)45-42)24-30(26-29)44-39-18-8-3-13-33(39)34-14-4-9-19-40(34)44/h1-26H. The summed E-state index contributed by atoms with van der Waals surface area (Å²) in [6.45, 7) is 0. The molecule has 3 heteroatoms. The lowest BCUT2D eigenvalue weighted by Gasteiger charge is -2.16. The fourth-order valence-corrected chi connectivity index (χ4v) is 7.33. The van der Waals surface area contributed by atoms with Crippen LogP contribution < -0.4 is 0 Å². The van der Waals surface area contributed by atoms with Gasteiger partial charge in [-0.3, -0.25) is 0 Å². The third-order valence-electron chi connectivity index (χ3n) is 9.29. The topological polar surface area (TPSA) is 23.0 Å². The third-order valence-corrected chi connectivity index (χ3v) is 9.29. The molecule has 0 bridgehead atoms. The van der Waals surface area contributed by atoms with Crippen molar-refractivity contribution in [2.45, 2.75) is 0 Å². The molecule has 210 valence electrons. The summed E-state index contributed by atoms with van der Waals surface area (Å²) in [5, 5.41) is 7.28. The van der Waals surface area contributed by atoms with E-state index in [1.807, 2.05) is 12.1 Å². The van der Waals surface area contributed by atoms with Crippen molar-refractivity contribution in [1.29, 1.82) is 0 Å². The molecule has 0 saturated carbocycles. The van der Waals surface area contributed by atoms with E-state index in [4.69, 9.17) is 4.42 Å². The minimum Gasteiger partial charge on any atom is -0.456 e. The Kier molecular flexibility index (Phi) is 5.00. The number of fused-ring (bicyclic) bond motifs is 9. The van der Waals surface area contributed by atoms with Gasteiger partial charge in [0.2, 0.25) is 0 Å². The van der Waals surface area contributed by atoms with E-state index in [9.17, 15) is 0 Å². The number of furan rings is 1. The van der Waals surface area contributed by atoms with Gasteiger partial charge in [-0.25, -0.2) is 0 Å². The zero-order chi connectivity index (χ0) is 29.5. The molecule has 0 amide bonds. The maximum Gasteiger partial charge on any atom is 0.135 e. The van der Waals surface area contributed by atoms with Crippen molar-refractivity contribution in [3.63, 3.8) is 0 Å². The Morgan fingerprint density at radius 1 is 0.311 bits per heavy atom. The highest BCUT2D eigenvalue weighted by Gasteiger charge is 2.17. The van der Waals surface area contributed by atoms with Crippen molar-refractivity contribution in [2.75, 3.05) is 0 Å². The Hall–Kier alpha value is -6.06. The molecule has 0 aliphatic heterocycles. The molecule has 45 heavy (non-hydrogen) atoms. The summed E-state index contributed by atoms with van der Waals surface area (Å²) in [5.74, 6) is 0. The zero-order valence-corrected chi connectivity index (χ0v) is 24.3. The van der Waals surface area contributed by atoms with Crippen LogP contribution in [-0.4, -0.2) is 9.13 Å². The molecule has 0 aliphatic carbocycles. The molecule has 0 aliphatic rings. The van der Waals surface area contributed by atoms with Crippen LogP contribution in [0.1, 0.15) is 0 Å². The molecule has 3 heterocycles. The number of hydrogen-bond donors (Lipinski definition) is 0. The van der Waals surface area contributed by atoms with Gasteiger partial charge in [0, 0.05) is 43.7 Å². The summed E-state index contributed by atoms with van der Waals surface area (Å²) in [5.41, 5.74) is 11.1. The average molecular weight is 575 g/mol. The summed E-state index contributed by atoms with van der Waals surface area (Å²) in [6, 6.07) is 56.7. The van der Waals surface area contributed by atoms with Crippen molar-refractivity contribution in [3.8, 4) is 22.5 Å². The summed E-state index contributed by atoms with van der Waals surface area (Å²) in [6.07, 6.45) is 0. The summed E-state index contributed by atoms with van der Waals surface area (Å²) < 4.78 is 11.0. The van der Waals surface area contributed by atoms with Crippen molar-refractivity contribution in [3.05, 3.63) is 158 Å². The number of benzene rings is 7. The van der Waals surface area contributed by atoms with Gasteiger partial charge >= 0.3 is 0 Å². The Bertz CT molecular complexity index is 2530. The molecule has 0 spiro atoms. The fraction of sp³-hybridized carbons (Fsp3) is 0. The van der Waals surface area contributed by atoms with Gasteiger partial charge in [0.25, 0.3) is 0 Å². The Labute approximate surface area is 258 Å². The SMILES string of the molecule is c1ccc2c(c1)oc1ccc(-c3cc(-n4c5ccccc5c5ccccc54)cc(-n4c5ccccc5c5ccccc54)c3)cc12. The van der Waals surface area contributed by atoms with Crippen LogP contribution in [0.5, 0.6) is 0 Å². The predicted octanol–water partition coefficient (Wildman–Crippen LogP) is 11.4.